The van der Waals surface area contributed by atoms with Crippen molar-refractivity contribution in [1.29, 1.82) is 5.26 Å². The largest absolute Gasteiger partial charge is 0.378 e. The molecule has 19 heavy (non-hydrogen) atoms. The van der Waals surface area contributed by atoms with Crippen molar-refractivity contribution in [3.8, 4) is 6.07 Å². The molecule has 0 saturated heterocycles. The molecule has 3 nitrogen and oxygen atoms in total. The summed E-state index contributed by atoms with van der Waals surface area (Å²) >= 11 is 0. The monoisotopic (exact) mass is 261 g/mol. The van der Waals surface area contributed by atoms with E-state index in [2.05, 4.69) is 12.2 Å². The van der Waals surface area contributed by atoms with Crippen molar-refractivity contribution in [3.05, 3.63) is 29.6 Å². The van der Waals surface area contributed by atoms with Crippen LogP contribution in [0.1, 0.15) is 38.2 Å². The van der Waals surface area contributed by atoms with Gasteiger partial charge in [-0.2, -0.15) is 5.26 Å². The third kappa shape index (κ3) is 2.87. The van der Waals surface area contributed by atoms with Crippen LogP contribution in [0, 0.1) is 23.1 Å². The maximum absolute atomic E-state index is 13.5. The average molecular weight is 261 g/mol. The highest BCUT2D eigenvalue weighted by Gasteiger charge is 2.36. The number of rotatable bonds is 3. The lowest BCUT2D eigenvalue weighted by molar-refractivity contribution is 0.235. The fourth-order valence-electron chi connectivity index (χ4n) is 2.97. The first-order valence-electron chi connectivity index (χ1n) is 6.78. The summed E-state index contributed by atoms with van der Waals surface area (Å²) in [7, 11) is 0. The van der Waals surface area contributed by atoms with Gasteiger partial charge in [-0.05, 0) is 37.0 Å². The molecular formula is C15H20FN3. The molecule has 4 heteroatoms. The summed E-state index contributed by atoms with van der Waals surface area (Å²) in [6, 6.07) is 6.33. The lowest BCUT2D eigenvalue weighted by atomic mass is 9.73. The van der Waals surface area contributed by atoms with Gasteiger partial charge in [0, 0.05) is 12.2 Å². The first-order chi connectivity index (χ1) is 9.09. The Labute approximate surface area is 113 Å². The molecule has 0 radical (unpaired) electrons. The quantitative estimate of drug-likeness (QED) is 0.879. The number of anilines is 1. The average Bonchev–Trinajstić information content (AvgIpc) is 2.41. The van der Waals surface area contributed by atoms with Crippen molar-refractivity contribution < 1.29 is 4.39 Å². The van der Waals surface area contributed by atoms with Crippen LogP contribution in [0.3, 0.4) is 0 Å². The topological polar surface area (TPSA) is 61.8 Å². The van der Waals surface area contributed by atoms with Crippen molar-refractivity contribution in [2.45, 2.75) is 38.1 Å². The molecule has 1 aromatic carbocycles. The molecule has 102 valence electrons. The Morgan fingerprint density at radius 1 is 1.47 bits per heavy atom. The molecule has 3 N–H and O–H groups in total. The first kappa shape index (κ1) is 13.8. The summed E-state index contributed by atoms with van der Waals surface area (Å²) in [4.78, 5) is 0. The lowest BCUT2D eigenvalue weighted by Gasteiger charge is -2.43. The third-order valence-electron chi connectivity index (χ3n) is 4.24. The summed E-state index contributed by atoms with van der Waals surface area (Å²) < 4.78 is 13.5. The van der Waals surface area contributed by atoms with Crippen LogP contribution in [0.5, 0.6) is 0 Å². The molecule has 0 bridgehead atoms. The number of nitrogens with zero attached hydrogens (tertiary/aromatic N) is 1. The molecule has 2 unspecified atom stereocenters. The van der Waals surface area contributed by atoms with Gasteiger partial charge in [0.05, 0.1) is 17.2 Å². The van der Waals surface area contributed by atoms with E-state index in [1.807, 2.05) is 6.07 Å². The molecule has 1 fully saturated rings. The SMILES string of the molecule is CC1CCCCC1(CN)Nc1cc(F)cc(C#N)c1. The Hall–Kier alpha value is -1.60. The van der Waals surface area contributed by atoms with Crippen molar-refractivity contribution in [3.63, 3.8) is 0 Å². The minimum atomic E-state index is -0.391. The number of halogens is 1. The van der Waals surface area contributed by atoms with E-state index in [1.165, 1.54) is 18.6 Å². The van der Waals surface area contributed by atoms with Gasteiger partial charge in [0.25, 0.3) is 0 Å². The van der Waals surface area contributed by atoms with Gasteiger partial charge in [0.2, 0.25) is 0 Å². The summed E-state index contributed by atoms with van der Waals surface area (Å²) in [6.07, 6.45) is 4.47. The first-order valence-corrected chi connectivity index (χ1v) is 6.78. The van der Waals surface area contributed by atoms with Crippen molar-refractivity contribution in [1.82, 2.24) is 0 Å². The van der Waals surface area contributed by atoms with Gasteiger partial charge in [0.15, 0.2) is 0 Å². The second kappa shape index (κ2) is 5.58. The number of hydrogen-bond acceptors (Lipinski definition) is 3. The van der Waals surface area contributed by atoms with E-state index in [9.17, 15) is 4.39 Å². The lowest BCUT2D eigenvalue weighted by Crippen LogP contribution is -2.52. The maximum Gasteiger partial charge on any atom is 0.126 e. The van der Waals surface area contributed by atoms with Crippen molar-refractivity contribution in [2.75, 3.05) is 11.9 Å². The highest BCUT2D eigenvalue weighted by Crippen LogP contribution is 2.36. The Morgan fingerprint density at radius 2 is 2.26 bits per heavy atom. The smallest absolute Gasteiger partial charge is 0.126 e. The number of benzene rings is 1. The van der Waals surface area contributed by atoms with Gasteiger partial charge in [-0.15, -0.1) is 0 Å². The standard InChI is InChI=1S/C15H20FN3/c1-11-4-2-3-5-15(11,10-18)19-14-7-12(9-17)6-13(16)8-14/h6-8,11,19H,2-5,10,18H2,1H3. The highest BCUT2D eigenvalue weighted by molar-refractivity contribution is 5.51. The van der Waals surface area contributed by atoms with Gasteiger partial charge in [-0.25, -0.2) is 4.39 Å². The van der Waals surface area contributed by atoms with Crippen LogP contribution in [0.4, 0.5) is 10.1 Å². The summed E-state index contributed by atoms with van der Waals surface area (Å²) in [5.74, 6) is 0.0530. The van der Waals surface area contributed by atoms with Crippen LogP contribution >= 0.6 is 0 Å². The Morgan fingerprint density at radius 3 is 2.89 bits per heavy atom. The molecule has 2 rings (SSSR count). The Bertz CT molecular complexity index is 495. The molecule has 0 amide bonds. The van der Waals surface area contributed by atoms with Gasteiger partial charge >= 0.3 is 0 Å². The number of nitriles is 1. The predicted octanol–water partition coefficient (Wildman–Crippen LogP) is 3.02. The second-order valence-corrected chi connectivity index (χ2v) is 5.47. The van der Waals surface area contributed by atoms with Crippen LogP contribution in [-0.2, 0) is 0 Å². The molecule has 0 spiro atoms. The van der Waals surface area contributed by atoms with Gasteiger partial charge < -0.3 is 11.1 Å². The van der Waals surface area contributed by atoms with E-state index in [1.54, 1.807) is 6.07 Å². The van der Waals surface area contributed by atoms with Gasteiger partial charge in [0.1, 0.15) is 5.82 Å². The number of nitrogens with one attached hydrogen (secondary N) is 1. The van der Waals surface area contributed by atoms with Crippen LogP contribution in [0.25, 0.3) is 0 Å². The van der Waals surface area contributed by atoms with Crippen molar-refractivity contribution in [2.24, 2.45) is 11.7 Å². The van der Waals surface area contributed by atoms with E-state index in [-0.39, 0.29) is 5.54 Å². The van der Waals surface area contributed by atoms with E-state index in [4.69, 9.17) is 11.0 Å². The molecule has 1 aliphatic carbocycles. The van der Waals surface area contributed by atoms with Crippen LogP contribution < -0.4 is 11.1 Å². The van der Waals surface area contributed by atoms with Crippen molar-refractivity contribution >= 4 is 5.69 Å². The zero-order chi connectivity index (χ0) is 13.9. The highest BCUT2D eigenvalue weighted by atomic mass is 19.1. The zero-order valence-electron chi connectivity index (χ0n) is 11.2. The van der Waals surface area contributed by atoms with Gasteiger partial charge in [-0.3, -0.25) is 0 Å². The minimum Gasteiger partial charge on any atom is -0.378 e. The summed E-state index contributed by atoms with van der Waals surface area (Å²) in [5, 5.41) is 12.3. The van der Waals surface area contributed by atoms with Gasteiger partial charge in [-0.1, -0.05) is 19.8 Å². The molecule has 1 aliphatic rings. The van der Waals surface area contributed by atoms with Crippen LogP contribution in [0.15, 0.2) is 18.2 Å². The molecule has 2 atom stereocenters. The maximum atomic E-state index is 13.5. The number of hydrogen-bond donors (Lipinski definition) is 2. The molecule has 1 saturated carbocycles. The molecule has 1 aromatic rings. The van der Waals surface area contributed by atoms with Crippen LogP contribution in [-0.4, -0.2) is 12.1 Å². The van der Waals surface area contributed by atoms with E-state index >= 15 is 0 Å². The summed E-state index contributed by atoms with van der Waals surface area (Å²) in [6.45, 7) is 2.70. The molecule has 0 aliphatic heterocycles. The Kier molecular flexibility index (Phi) is 4.06. The van der Waals surface area contributed by atoms with E-state index in [0.29, 0.717) is 23.7 Å². The molecule has 0 aromatic heterocycles. The molecular weight excluding hydrogens is 241 g/mol. The normalized spacial score (nSPS) is 26.7. The fourth-order valence-corrected chi connectivity index (χ4v) is 2.97. The second-order valence-electron chi connectivity index (χ2n) is 5.47. The predicted molar refractivity (Wildman–Crippen MR) is 74.2 cm³/mol. The summed E-state index contributed by atoms with van der Waals surface area (Å²) in [5.41, 5.74) is 6.76. The zero-order valence-corrected chi connectivity index (χ0v) is 11.2. The van der Waals surface area contributed by atoms with Crippen LogP contribution in [0.2, 0.25) is 0 Å². The molecule has 0 heterocycles. The fraction of sp³-hybridized carbons (Fsp3) is 0.533. The number of nitrogens with two attached hydrogens (primary N) is 1. The minimum absolute atomic E-state index is 0.182. The third-order valence-corrected chi connectivity index (χ3v) is 4.24. The van der Waals surface area contributed by atoms with E-state index < -0.39 is 5.82 Å². The van der Waals surface area contributed by atoms with E-state index in [0.717, 1.165) is 19.3 Å². The Balaban J connectivity index is 2.27.